The van der Waals surface area contributed by atoms with E-state index in [4.69, 9.17) is 4.98 Å². The second kappa shape index (κ2) is 9.94. The summed E-state index contributed by atoms with van der Waals surface area (Å²) in [6.07, 6.45) is 1.51. The molecule has 7 nitrogen and oxygen atoms in total. The third kappa shape index (κ3) is 5.12. The fraction of sp³-hybridized carbons (Fsp3) is 0.517. The van der Waals surface area contributed by atoms with Crippen molar-refractivity contribution in [2.45, 2.75) is 70.9 Å². The molecular weight excluding hydrogens is 503 g/mol. The van der Waals surface area contributed by atoms with Gasteiger partial charge in [0.05, 0.1) is 28.5 Å². The summed E-state index contributed by atoms with van der Waals surface area (Å²) in [4.78, 5) is 18.8. The van der Waals surface area contributed by atoms with Gasteiger partial charge < -0.3 is 10.2 Å². The van der Waals surface area contributed by atoms with E-state index in [0.717, 1.165) is 56.5 Å². The van der Waals surface area contributed by atoms with Crippen molar-refractivity contribution >= 4 is 22.7 Å². The van der Waals surface area contributed by atoms with E-state index >= 15 is 4.39 Å². The highest BCUT2D eigenvalue weighted by Crippen LogP contribution is 2.51. The summed E-state index contributed by atoms with van der Waals surface area (Å²) in [5, 5.41) is 13.9. The van der Waals surface area contributed by atoms with Crippen molar-refractivity contribution in [3.05, 3.63) is 52.6 Å². The number of anilines is 2. The number of alkyl halides is 2. The molecule has 2 aliphatic rings. The maximum atomic E-state index is 15.1. The Kier molecular flexibility index (Phi) is 6.91. The summed E-state index contributed by atoms with van der Waals surface area (Å²) in [5.41, 5.74) is 0.199. The maximum absolute atomic E-state index is 15.1. The van der Waals surface area contributed by atoms with Crippen LogP contribution in [0.2, 0.25) is 0 Å². The van der Waals surface area contributed by atoms with E-state index in [1.54, 1.807) is 13.8 Å². The number of nitriles is 1. The van der Waals surface area contributed by atoms with Crippen LogP contribution in [0, 0.1) is 24.1 Å². The smallest absolute Gasteiger partial charge is 0.273 e. The second-order valence-electron chi connectivity index (χ2n) is 11.1. The number of rotatable bonds is 7. The molecule has 1 aliphatic carbocycles. The van der Waals surface area contributed by atoms with Crippen LogP contribution in [0.5, 0.6) is 0 Å². The largest absolute Gasteiger partial charge is 0.363 e. The molecule has 0 bridgehead atoms. The molecule has 3 heterocycles. The predicted octanol–water partition coefficient (Wildman–Crippen LogP) is 5.84. The summed E-state index contributed by atoms with van der Waals surface area (Å²) < 4.78 is 43.1. The van der Waals surface area contributed by atoms with Gasteiger partial charge in [-0.15, -0.1) is 0 Å². The molecule has 0 spiro atoms. The Hall–Kier alpha value is -3.45. The predicted molar refractivity (Wildman–Crippen MR) is 146 cm³/mol. The number of benzene rings is 1. The fourth-order valence-electron chi connectivity index (χ4n) is 5.38. The van der Waals surface area contributed by atoms with Crippen LogP contribution in [0.4, 0.5) is 24.8 Å². The molecule has 2 fully saturated rings. The maximum Gasteiger partial charge on any atom is 0.273 e. The van der Waals surface area contributed by atoms with Crippen LogP contribution in [0.1, 0.15) is 69.1 Å². The van der Waals surface area contributed by atoms with Crippen molar-refractivity contribution in [2.24, 2.45) is 0 Å². The molecular formula is C29H34F3N7. The molecule has 39 heavy (non-hydrogen) atoms. The summed E-state index contributed by atoms with van der Waals surface area (Å²) in [6, 6.07) is 8.28. The Balaban J connectivity index is 1.56. The van der Waals surface area contributed by atoms with Crippen LogP contribution >= 0.6 is 0 Å². The van der Waals surface area contributed by atoms with Crippen molar-refractivity contribution in [3.8, 4) is 6.07 Å². The summed E-state index contributed by atoms with van der Waals surface area (Å²) in [7, 11) is 0. The van der Waals surface area contributed by atoms with Gasteiger partial charge in [0, 0.05) is 50.3 Å². The Labute approximate surface area is 227 Å². The standard InChI is InChI=1S/C29H34F3N7/c1-17(2)38-11-13-39(14-12-38)27-23(29(16-33)9-10-29)15-21-25(35-19(4)36-26(21)37-27)34-18(3)20-7-6-8-22(24(20)30)28(5,31)32/h6-8,15,17-18H,9-14H2,1-5H3,(H,34,35,36,37)/t18-/m1/s1. The lowest BCUT2D eigenvalue weighted by Gasteiger charge is -2.38. The van der Waals surface area contributed by atoms with Gasteiger partial charge in [-0.2, -0.15) is 5.26 Å². The zero-order chi connectivity index (χ0) is 28.1. The molecule has 1 N–H and O–H groups in total. The Bertz CT molecular complexity index is 1430. The highest BCUT2D eigenvalue weighted by molar-refractivity contribution is 5.89. The van der Waals surface area contributed by atoms with Gasteiger partial charge in [0.2, 0.25) is 0 Å². The van der Waals surface area contributed by atoms with E-state index in [2.05, 4.69) is 45.0 Å². The molecule has 5 rings (SSSR count). The second-order valence-corrected chi connectivity index (χ2v) is 11.1. The molecule has 1 saturated heterocycles. The molecule has 3 aromatic rings. The molecule has 1 saturated carbocycles. The molecule has 1 aliphatic heterocycles. The number of halogens is 3. The van der Waals surface area contributed by atoms with Crippen molar-refractivity contribution in [1.29, 1.82) is 5.26 Å². The highest BCUT2D eigenvalue weighted by atomic mass is 19.3. The van der Waals surface area contributed by atoms with Crippen LogP contribution in [0.3, 0.4) is 0 Å². The van der Waals surface area contributed by atoms with Gasteiger partial charge in [-0.25, -0.2) is 28.1 Å². The van der Waals surface area contributed by atoms with Crippen molar-refractivity contribution in [3.63, 3.8) is 0 Å². The zero-order valence-electron chi connectivity index (χ0n) is 23.0. The highest BCUT2D eigenvalue weighted by Gasteiger charge is 2.48. The van der Waals surface area contributed by atoms with Crippen LogP contribution in [-0.4, -0.2) is 52.1 Å². The normalized spacial score (nSPS) is 18.3. The first-order chi connectivity index (χ1) is 18.4. The lowest BCUT2D eigenvalue weighted by Crippen LogP contribution is -2.49. The summed E-state index contributed by atoms with van der Waals surface area (Å²) in [6.45, 7) is 11.9. The van der Waals surface area contributed by atoms with Gasteiger partial charge in [0.25, 0.3) is 5.92 Å². The molecule has 0 unspecified atom stereocenters. The van der Waals surface area contributed by atoms with E-state index in [1.165, 1.54) is 12.1 Å². The number of hydrogen-bond acceptors (Lipinski definition) is 7. The van der Waals surface area contributed by atoms with Crippen LogP contribution < -0.4 is 10.2 Å². The minimum Gasteiger partial charge on any atom is -0.363 e. The van der Waals surface area contributed by atoms with Crippen LogP contribution in [0.25, 0.3) is 11.0 Å². The number of nitrogens with one attached hydrogen (secondary N) is 1. The fourth-order valence-corrected chi connectivity index (χ4v) is 5.38. The Morgan fingerprint density at radius 3 is 2.36 bits per heavy atom. The first-order valence-corrected chi connectivity index (χ1v) is 13.5. The number of piperazine rings is 1. The first kappa shape index (κ1) is 27.1. The van der Waals surface area contributed by atoms with Gasteiger partial charge in [-0.1, -0.05) is 18.2 Å². The van der Waals surface area contributed by atoms with Crippen LogP contribution in [0.15, 0.2) is 24.3 Å². The third-order valence-electron chi connectivity index (χ3n) is 7.92. The summed E-state index contributed by atoms with van der Waals surface area (Å²) >= 11 is 0. The summed E-state index contributed by atoms with van der Waals surface area (Å²) in [5.74, 6) is -2.56. The number of nitrogens with zero attached hydrogens (tertiary/aromatic N) is 6. The Morgan fingerprint density at radius 1 is 1.08 bits per heavy atom. The van der Waals surface area contributed by atoms with Crippen molar-refractivity contribution in [1.82, 2.24) is 19.9 Å². The SMILES string of the molecule is Cc1nc(N[C@H](C)c2cccc(C(C)(F)F)c2F)c2cc(C3(C#N)CC3)c(N3CCN(C(C)C)CC3)nc2n1. The van der Waals surface area contributed by atoms with E-state index in [0.29, 0.717) is 35.6 Å². The van der Waals surface area contributed by atoms with E-state index in [9.17, 15) is 14.0 Å². The monoisotopic (exact) mass is 537 g/mol. The first-order valence-electron chi connectivity index (χ1n) is 13.5. The topological polar surface area (TPSA) is 81.0 Å². The van der Waals surface area contributed by atoms with E-state index in [-0.39, 0.29) is 5.56 Å². The number of aromatic nitrogens is 3. The molecule has 0 radical (unpaired) electrons. The van der Waals surface area contributed by atoms with Gasteiger partial charge >= 0.3 is 0 Å². The van der Waals surface area contributed by atoms with Gasteiger partial charge in [-0.3, -0.25) is 4.90 Å². The lowest BCUT2D eigenvalue weighted by molar-refractivity contribution is 0.0136. The third-order valence-corrected chi connectivity index (χ3v) is 7.92. The van der Waals surface area contributed by atoms with Gasteiger partial charge in [-0.05, 0) is 46.6 Å². The molecule has 1 atom stereocenters. The minimum absolute atomic E-state index is 0.113. The van der Waals surface area contributed by atoms with Crippen molar-refractivity contribution < 1.29 is 13.2 Å². The molecule has 2 aromatic heterocycles. The minimum atomic E-state index is -3.30. The van der Waals surface area contributed by atoms with Gasteiger partial charge in [0.1, 0.15) is 23.3 Å². The number of aryl methyl sites for hydroxylation is 1. The number of hydrogen-bond donors (Lipinski definition) is 1. The molecule has 206 valence electrons. The Morgan fingerprint density at radius 2 is 1.77 bits per heavy atom. The average molecular weight is 538 g/mol. The lowest BCUT2D eigenvalue weighted by atomic mass is 9.96. The zero-order valence-corrected chi connectivity index (χ0v) is 23.0. The molecule has 10 heteroatoms. The van der Waals surface area contributed by atoms with Gasteiger partial charge in [0.15, 0.2) is 5.65 Å². The van der Waals surface area contributed by atoms with E-state index in [1.807, 2.05) is 6.07 Å². The van der Waals surface area contributed by atoms with E-state index < -0.39 is 28.8 Å². The number of pyridine rings is 1. The molecule has 0 amide bonds. The number of fused-ring (bicyclic) bond motifs is 1. The average Bonchev–Trinajstić information content (AvgIpc) is 3.68. The van der Waals surface area contributed by atoms with Crippen molar-refractivity contribution in [2.75, 3.05) is 36.4 Å². The van der Waals surface area contributed by atoms with Crippen LogP contribution in [-0.2, 0) is 11.3 Å². The quantitative estimate of drug-likeness (QED) is 0.405. The molecule has 1 aromatic carbocycles.